The van der Waals surface area contributed by atoms with Gasteiger partial charge < -0.3 is 0 Å². The van der Waals surface area contributed by atoms with Gasteiger partial charge in [0.1, 0.15) is 4.47 Å². The molecule has 6 heteroatoms. The molecule has 0 radical (unpaired) electrons. The van der Waals surface area contributed by atoms with Crippen LogP contribution in [0.15, 0.2) is 33.5 Å². The van der Waals surface area contributed by atoms with E-state index in [2.05, 4.69) is 26.0 Å². The van der Waals surface area contributed by atoms with E-state index in [-0.39, 0.29) is 11.5 Å². The fourth-order valence-electron chi connectivity index (χ4n) is 1.91. The van der Waals surface area contributed by atoms with Crippen molar-refractivity contribution in [1.82, 2.24) is 14.8 Å². The number of nitrogens with zero attached hydrogens (tertiary/aromatic N) is 2. The topological polar surface area (TPSA) is 50.7 Å². The van der Waals surface area contributed by atoms with Crippen molar-refractivity contribution in [2.45, 2.75) is 19.8 Å². The van der Waals surface area contributed by atoms with Crippen molar-refractivity contribution in [3.05, 3.63) is 44.8 Å². The zero-order valence-corrected chi connectivity index (χ0v) is 12.9. The van der Waals surface area contributed by atoms with Crippen LogP contribution in [-0.2, 0) is 0 Å². The molecule has 1 aromatic carbocycles. The first-order chi connectivity index (χ1) is 9.08. The number of hydrogen-bond donors (Lipinski definition) is 1. The molecule has 0 amide bonds. The van der Waals surface area contributed by atoms with Crippen LogP contribution in [0.5, 0.6) is 0 Å². The van der Waals surface area contributed by atoms with Gasteiger partial charge in [-0.15, -0.1) is 0 Å². The molecule has 19 heavy (non-hydrogen) atoms. The first-order valence-corrected chi connectivity index (χ1v) is 7.55. The maximum atomic E-state index is 12.2. The van der Waals surface area contributed by atoms with E-state index in [1.165, 1.54) is 16.0 Å². The molecule has 0 unspecified atom stereocenters. The summed E-state index contributed by atoms with van der Waals surface area (Å²) in [6.45, 7) is 4.08. The molecule has 98 valence electrons. The Kier molecular flexibility index (Phi) is 3.06. The van der Waals surface area contributed by atoms with E-state index in [1.807, 2.05) is 38.1 Å². The molecule has 0 aliphatic heterocycles. The fourth-order valence-corrected chi connectivity index (χ4v) is 3.56. The summed E-state index contributed by atoms with van der Waals surface area (Å²) in [7, 11) is 0. The minimum absolute atomic E-state index is 0.0947. The molecule has 0 atom stereocenters. The maximum absolute atomic E-state index is 12.2. The van der Waals surface area contributed by atoms with Crippen molar-refractivity contribution in [3.8, 4) is 5.13 Å². The highest BCUT2D eigenvalue weighted by Crippen LogP contribution is 2.25. The number of thiazole rings is 1. The molecule has 3 aromatic rings. The van der Waals surface area contributed by atoms with Crippen LogP contribution in [0.2, 0.25) is 0 Å². The SMILES string of the molecule is CC(C)c1[nH]n(-c2nc3ccccc3s2)c(=O)c1Br. The molecule has 0 saturated carbocycles. The van der Waals surface area contributed by atoms with Gasteiger partial charge in [0.25, 0.3) is 5.56 Å². The Morgan fingerprint density at radius 2 is 2.11 bits per heavy atom. The van der Waals surface area contributed by atoms with E-state index in [1.54, 1.807) is 0 Å². The molecular weight excluding hydrogens is 326 g/mol. The lowest BCUT2D eigenvalue weighted by Gasteiger charge is -2.00. The summed E-state index contributed by atoms with van der Waals surface area (Å²) in [4.78, 5) is 16.7. The van der Waals surface area contributed by atoms with Gasteiger partial charge in [-0.05, 0) is 34.0 Å². The first kappa shape index (κ1) is 12.6. The molecule has 0 aliphatic carbocycles. The Morgan fingerprint density at radius 3 is 2.74 bits per heavy atom. The third kappa shape index (κ3) is 2.04. The molecule has 2 heterocycles. The van der Waals surface area contributed by atoms with Crippen molar-refractivity contribution < 1.29 is 0 Å². The van der Waals surface area contributed by atoms with E-state index in [0.29, 0.717) is 9.60 Å². The summed E-state index contributed by atoms with van der Waals surface area (Å²) in [5.41, 5.74) is 1.71. The molecule has 0 saturated heterocycles. The Morgan fingerprint density at radius 1 is 1.37 bits per heavy atom. The monoisotopic (exact) mass is 337 g/mol. The Hall–Kier alpha value is -1.40. The van der Waals surface area contributed by atoms with Crippen LogP contribution in [0.4, 0.5) is 0 Å². The normalized spacial score (nSPS) is 11.6. The number of aromatic nitrogens is 3. The molecule has 3 rings (SSSR count). The number of benzene rings is 1. The number of aromatic amines is 1. The van der Waals surface area contributed by atoms with Gasteiger partial charge in [-0.25, -0.2) is 4.98 Å². The van der Waals surface area contributed by atoms with Crippen LogP contribution in [0.1, 0.15) is 25.5 Å². The zero-order chi connectivity index (χ0) is 13.6. The van der Waals surface area contributed by atoms with Crippen molar-refractivity contribution in [2.75, 3.05) is 0 Å². The average molecular weight is 338 g/mol. The molecule has 0 bridgehead atoms. The van der Waals surface area contributed by atoms with Crippen molar-refractivity contribution in [3.63, 3.8) is 0 Å². The second-order valence-electron chi connectivity index (χ2n) is 4.60. The smallest absolute Gasteiger partial charge is 0.287 e. The zero-order valence-electron chi connectivity index (χ0n) is 10.5. The largest absolute Gasteiger partial charge is 0.292 e. The Balaban J connectivity index is 2.21. The molecule has 0 fully saturated rings. The molecule has 0 spiro atoms. The number of nitrogens with one attached hydrogen (secondary N) is 1. The summed E-state index contributed by atoms with van der Waals surface area (Å²) < 4.78 is 3.16. The number of hydrogen-bond acceptors (Lipinski definition) is 3. The van der Waals surface area contributed by atoms with Crippen LogP contribution >= 0.6 is 27.3 Å². The quantitative estimate of drug-likeness (QED) is 0.775. The molecule has 0 aliphatic rings. The minimum atomic E-state index is -0.0947. The van der Waals surface area contributed by atoms with Gasteiger partial charge in [-0.3, -0.25) is 9.89 Å². The van der Waals surface area contributed by atoms with Gasteiger partial charge in [-0.1, -0.05) is 37.3 Å². The van der Waals surface area contributed by atoms with Gasteiger partial charge in [0, 0.05) is 0 Å². The average Bonchev–Trinajstić information content (AvgIpc) is 2.92. The summed E-state index contributed by atoms with van der Waals surface area (Å²) >= 11 is 4.85. The lowest BCUT2D eigenvalue weighted by Crippen LogP contribution is -2.14. The first-order valence-electron chi connectivity index (χ1n) is 5.94. The highest BCUT2D eigenvalue weighted by atomic mass is 79.9. The Labute approximate surface area is 122 Å². The molecule has 1 N–H and O–H groups in total. The number of halogens is 1. The molecular formula is C13H12BrN3OS. The van der Waals surface area contributed by atoms with Crippen LogP contribution in [0.25, 0.3) is 15.3 Å². The summed E-state index contributed by atoms with van der Waals surface area (Å²) in [5, 5.41) is 3.80. The summed E-state index contributed by atoms with van der Waals surface area (Å²) in [6.07, 6.45) is 0. The predicted molar refractivity (Wildman–Crippen MR) is 81.4 cm³/mol. The van der Waals surface area contributed by atoms with E-state index in [9.17, 15) is 4.79 Å². The number of para-hydroxylation sites is 1. The number of rotatable bonds is 2. The van der Waals surface area contributed by atoms with Crippen LogP contribution in [0.3, 0.4) is 0 Å². The van der Waals surface area contributed by atoms with Crippen LogP contribution in [-0.4, -0.2) is 14.8 Å². The van der Waals surface area contributed by atoms with Crippen molar-refractivity contribution in [2.24, 2.45) is 0 Å². The lowest BCUT2D eigenvalue weighted by atomic mass is 10.1. The second kappa shape index (κ2) is 4.61. The third-order valence-electron chi connectivity index (χ3n) is 2.91. The van der Waals surface area contributed by atoms with Gasteiger partial charge >= 0.3 is 0 Å². The van der Waals surface area contributed by atoms with E-state index < -0.39 is 0 Å². The standard InChI is InChI=1S/C13H12BrN3OS/c1-7(2)11-10(14)12(18)17(16-11)13-15-8-5-3-4-6-9(8)19-13/h3-7,16H,1-2H3. The van der Waals surface area contributed by atoms with E-state index in [4.69, 9.17) is 0 Å². The van der Waals surface area contributed by atoms with Gasteiger partial charge in [-0.2, -0.15) is 4.68 Å². The fraction of sp³-hybridized carbons (Fsp3) is 0.231. The van der Waals surface area contributed by atoms with E-state index >= 15 is 0 Å². The highest BCUT2D eigenvalue weighted by Gasteiger charge is 2.17. The molecule has 4 nitrogen and oxygen atoms in total. The van der Waals surface area contributed by atoms with Gasteiger partial charge in [0.15, 0.2) is 0 Å². The highest BCUT2D eigenvalue weighted by molar-refractivity contribution is 9.10. The second-order valence-corrected chi connectivity index (χ2v) is 6.40. The van der Waals surface area contributed by atoms with Crippen LogP contribution < -0.4 is 5.56 Å². The summed E-state index contributed by atoms with van der Waals surface area (Å²) in [6, 6.07) is 7.86. The Bertz CT molecular complexity index is 767. The lowest BCUT2D eigenvalue weighted by molar-refractivity contribution is 0.757. The third-order valence-corrected chi connectivity index (χ3v) is 4.70. The maximum Gasteiger partial charge on any atom is 0.287 e. The minimum Gasteiger partial charge on any atom is -0.292 e. The van der Waals surface area contributed by atoms with Crippen molar-refractivity contribution in [1.29, 1.82) is 0 Å². The van der Waals surface area contributed by atoms with Gasteiger partial charge in [0.2, 0.25) is 5.13 Å². The van der Waals surface area contributed by atoms with Crippen molar-refractivity contribution >= 4 is 37.5 Å². The molecule has 2 aromatic heterocycles. The number of fused-ring (bicyclic) bond motifs is 1. The van der Waals surface area contributed by atoms with E-state index in [0.717, 1.165) is 15.9 Å². The number of H-pyrrole nitrogens is 1. The van der Waals surface area contributed by atoms with Crippen LogP contribution in [0, 0.1) is 0 Å². The van der Waals surface area contributed by atoms with Gasteiger partial charge in [0.05, 0.1) is 15.9 Å². The predicted octanol–water partition coefficient (Wildman–Crippen LogP) is 3.66. The summed E-state index contributed by atoms with van der Waals surface area (Å²) in [5.74, 6) is 0.248.